The van der Waals surface area contributed by atoms with Gasteiger partial charge in [-0.1, -0.05) is 6.92 Å². The number of nitrogens with two attached hydrogens (primary N) is 1. The van der Waals surface area contributed by atoms with Gasteiger partial charge in [0.15, 0.2) is 5.82 Å². The van der Waals surface area contributed by atoms with Crippen LogP contribution >= 0.6 is 0 Å². The molecule has 0 aliphatic rings. The molecule has 0 bridgehead atoms. The number of carbonyl (C=O) groups excluding carboxylic acids is 1. The van der Waals surface area contributed by atoms with Crippen LogP contribution < -0.4 is 10.6 Å². The fraction of sp³-hybridized carbons (Fsp3) is 0.692. The van der Waals surface area contributed by atoms with E-state index in [2.05, 4.69) is 12.0 Å². The third-order valence-corrected chi connectivity index (χ3v) is 3.09. The lowest BCUT2D eigenvalue weighted by Gasteiger charge is -2.25. The molecule has 1 aromatic rings. The highest BCUT2D eigenvalue weighted by atomic mass is 16.2. The Bertz CT molecular complexity index is 438. The van der Waals surface area contributed by atoms with Crippen LogP contribution in [0.2, 0.25) is 0 Å². The second-order valence-corrected chi connectivity index (χ2v) is 4.85. The van der Waals surface area contributed by atoms with E-state index in [4.69, 9.17) is 5.73 Å². The summed E-state index contributed by atoms with van der Waals surface area (Å²) in [4.78, 5) is 15.5. The zero-order valence-corrected chi connectivity index (χ0v) is 12.6. The number of rotatable bonds is 6. The molecule has 0 spiro atoms. The van der Waals surface area contributed by atoms with Gasteiger partial charge in [0.2, 0.25) is 5.91 Å². The molecule has 19 heavy (non-hydrogen) atoms. The molecule has 0 atom stereocenters. The number of hydrogen-bond acceptors (Lipinski definition) is 4. The lowest BCUT2D eigenvalue weighted by Crippen LogP contribution is -2.38. The Hall–Kier alpha value is -1.72. The Morgan fingerprint density at radius 1 is 1.37 bits per heavy atom. The number of aryl methyl sites for hydroxylation is 2. The Balaban J connectivity index is 3.06. The van der Waals surface area contributed by atoms with Gasteiger partial charge in [-0.05, 0) is 20.3 Å². The maximum atomic E-state index is 11.9. The largest absolute Gasteiger partial charge is 0.394 e. The molecule has 1 rings (SSSR count). The van der Waals surface area contributed by atoms with Crippen molar-refractivity contribution in [2.45, 2.75) is 33.7 Å². The van der Waals surface area contributed by atoms with Crippen LogP contribution in [-0.4, -0.2) is 47.8 Å². The van der Waals surface area contributed by atoms with E-state index in [1.807, 2.05) is 23.4 Å². The van der Waals surface area contributed by atoms with E-state index >= 15 is 0 Å². The lowest BCUT2D eigenvalue weighted by atomic mass is 10.3. The molecule has 108 valence electrons. The van der Waals surface area contributed by atoms with E-state index in [-0.39, 0.29) is 5.91 Å². The van der Waals surface area contributed by atoms with Gasteiger partial charge in [0.25, 0.3) is 0 Å². The first-order valence-electron chi connectivity index (χ1n) is 6.70. The summed E-state index contributed by atoms with van der Waals surface area (Å²) in [6.07, 6.45) is 0.979. The topological polar surface area (TPSA) is 67.4 Å². The smallest absolute Gasteiger partial charge is 0.241 e. The van der Waals surface area contributed by atoms with E-state index in [0.29, 0.717) is 12.2 Å². The van der Waals surface area contributed by atoms with Crippen LogP contribution in [0, 0.1) is 6.92 Å². The molecule has 1 aromatic heterocycles. The molecule has 0 fully saturated rings. The van der Waals surface area contributed by atoms with Gasteiger partial charge in [-0.15, -0.1) is 0 Å². The molecule has 0 aromatic carbocycles. The van der Waals surface area contributed by atoms with Gasteiger partial charge in [-0.2, -0.15) is 5.10 Å². The minimum Gasteiger partial charge on any atom is -0.394 e. The monoisotopic (exact) mass is 267 g/mol. The second kappa shape index (κ2) is 6.45. The third-order valence-electron chi connectivity index (χ3n) is 3.09. The van der Waals surface area contributed by atoms with Crippen LogP contribution in [0.4, 0.5) is 11.5 Å². The summed E-state index contributed by atoms with van der Waals surface area (Å²) in [5, 5.41) is 4.45. The number of anilines is 2. The van der Waals surface area contributed by atoms with Crippen LogP contribution in [0.1, 0.15) is 26.0 Å². The van der Waals surface area contributed by atoms with E-state index in [1.54, 1.807) is 19.0 Å². The van der Waals surface area contributed by atoms with Gasteiger partial charge in [0, 0.05) is 27.2 Å². The number of likely N-dealkylation sites (N-methyl/N-ethyl adjacent to an activating group) is 2. The van der Waals surface area contributed by atoms with Crippen molar-refractivity contribution in [1.82, 2.24) is 14.7 Å². The number of carbonyl (C=O) groups is 1. The van der Waals surface area contributed by atoms with Gasteiger partial charge in [0.1, 0.15) is 0 Å². The zero-order chi connectivity index (χ0) is 14.6. The molecule has 0 radical (unpaired) electrons. The SMILES string of the molecule is CCCn1nc(C)c(N)c1N(CC)CC(=O)N(C)C. The molecule has 0 saturated heterocycles. The van der Waals surface area contributed by atoms with Gasteiger partial charge in [0.05, 0.1) is 17.9 Å². The summed E-state index contributed by atoms with van der Waals surface area (Å²) in [5.74, 6) is 0.917. The van der Waals surface area contributed by atoms with E-state index in [1.165, 1.54) is 0 Å². The Labute approximate surface area is 115 Å². The van der Waals surface area contributed by atoms with Crippen LogP contribution in [-0.2, 0) is 11.3 Å². The number of amides is 1. The summed E-state index contributed by atoms with van der Waals surface area (Å²) in [6.45, 7) is 7.85. The summed E-state index contributed by atoms with van der Waals surface area (Å²) in [6, 6.07) is 0. The number of hydrogen-bond donors (Lipinski definition) is 1. The third kappa shape index (κ3) is 3.39. The fourth-order valence-electron chi connectivity index (χ4n) is 1.93. The fourth-order valence-corrected chi connectivity index (χ4v) is 1.93. The van der Waals surface area contributed by atoms with Crippen LogP contribution in [0.3, 0.4) is 0 Å². The van der Waals surface area contributed by atoms with Crippen molar-refractivity contribution < 1.29 is 4.79 Å². The van der Waals surface area contributed by atoms with Crippen molar-refractivity contribution in [3.05, 3.63) is 5.69 Å². The van der Waals surface area contributed by atoms with Gasteiger partial charge in [-0.25, -0.2) is 4.68 Å². The average Bonchev–Trinajstić information content (AvgIpc) is 2.62. The highest BCUT2D eigenvalue weighted by Crippen LogP contribution is 2.26. The summed E-state index contributed by atoms with van der Waals surface area (Å²) >= 11 is 0. The van der Waals surface area contributed by atoms with Gasteiger partial charge >= 0.3 is 0 Å². The van der Waals surface area contributed by atoms with Crippen LogP contribution in [0.15, 0.2) is 0 Å². The van der Waals surface area contributed by atoms with Crippen LogP contribution in [0.5, 0.6) is 0 Å². The predicted molar refractivity (Wildman–Crippen MR) is 78.2 cm³/mol. The lowest BCUT2D eigenvalue weighted by molar-refractivity contribution is -0.127. The number of aromatic nitrogens is 2. The Kier molecular flexibility index (Phi) is 5.20. The second-order valence-electron chi connectivity index (χ2n) is 4.85. The molecule has 1 amide bonds. The maximum Gasteiger partial charge on any atom is 0.241 e. The van der Waals surface area contributed by atoms with Crippen molar-refractivity contribution >= 4 is 17.4 Å². The molecular formula is C13H25N5O. The molecule has 2 N–H and O–H groups in total. The average molecular weight is 267 g/mol. The van der Waals surface area contributed by atoms with E-state index < -0.39 is 0 Å². The normalized spacial score (nSPS) is 10.6. The van der Waals surface area contributed by atoms with Crippen molar-refractivity contribution in [2.75, 3.05) is 37.8 Å². The van der Waals surface area contributed by atoms with E-state index in [9.17, 15) is 4.79 Å². The zero-order valence-electron chi connectivity index (χ0n) is 12.6. The first-order chi connectivity index (χ1) is 8.92. The molecule has 1 heterocycles. The van der Waals surface area contributed by atoms with Crippen molar-refractivity contribution in [3.63, 3.8) is 0 Å². The highest BCUT2D eigenvalue weighted by Gasteiger charge is 2.20. The number of nitrogens with zero attached hydrogens (tertiary/aromatic N) is 4. The molecule has 6 nitrogen and oxygen atoms in total. The van der Waals surface area contributed by atoms with Gasteiger partial charge < -0.3 is 15.5 Å². The Morgan fingerprint density at radius 3 is 2.47 bits per heavy atom. The minimum atomic E-state index is 0.0585. The standard InChI is InChI=1S/C13H25N5O/c1-6-8-18-13(12(14)10(3)15-18)17(7-2)9-11(19)16(4)5/h6-9,14H2,1-5H3. The Morgan fingerprint density at radius 2 is 2.00 bits per heavy atom. The quantitative estimate of drug-likeness (QED) is 0.838. The van der Waals surface area contributed by atoms with Crippen molar-refractivity contribution in [2.24, 2.45) is 0 Å². The molecule has 0 saturated carbocycles. The van der Waals surface area contributed by atoms with E-state index in [0.717, 1.165) is 31.0 Å². The molecular weight excluding hydrogens is 242 g/mol. The first-order valence-corrected chi connectivity index (χ1v) is 6.70. The predicted octanol–water partition coefficient (Wildman–Crippen LogP) is 1.10. The highest BCUT2D eigenvalue weighted by molar-refractivity contribution is 5.82. The first kappa shape index (κ1) is 15.3. The summed E-state index contributed by atoms with van der Waals surface area (Å²) in [5.41, 5.74) is 7.60. The minimum absolute atomic E-state index is 0.0585. The summed E-state index contributed by atoms with van der Waals surface area (Å²) < 4.78 is 1.90. The maximum absolute atomic E-state index is 11.9. The summed E-state index contributed by atoms with van der Waals surface area (Å²) in [7, 11) is 3.52. The molecule has 0 unspecified atom stereocenters. The van der Waals surface area contributed by atoms with Crippen molar-refractivity contribution in [1.29, 1.82) is 0 Å². The van der Waals surface area contributed by atoms with Crippen LogP contribution in [0.25, 0.3) is 0 Å². The van der Waals surface area contributed by atoms with Crippen molar-refractivity contribution in [3.8, 4) is 0 Å². The molecule has 0 aliphatic heterocycles. The van der Waals surface area contributed by atoms with Gasteiger partial charge in [-0.3, -0.25) is 4.79 Å². The number of nitrogen functional groups attached to an aromatic ring is 1. The molecule has 0 aliphatic carbocycles. The molecule has 6 heteroatoms.